The monoisotopic (exact) mass is 580 g/mol. The van der Waals surface area contributed by atoms with E-state index < -0.39 is 5.97 Å². The number of nitrogens with one attached hydrogen (secondary N) is 1. The molecule has 2 aromatic carbocycles. The molecule has 11 heteroatoms. The molecule has 1 N–H and O–H groups in total. The highest BCUT2D eigenvalue weighted by atomic mass is 35.5. The third-order valence-electron chi connectivity index (χ3n) is 5.67. The van der Waals surface area contributed by atoms with Gasteiger partial charge in [-0.15, -0.1) is 39.4 Å². The molecule has 1 amide bonds. The lowest BCUT2D eigenvalue weighted by molar-refractivity contribution is -0.113. The van der Waals surface area contributed by atoms with Gasteiger partial charge in [0.25, 0.3) is 0 Å². The molecule has 0 saturated heterocycles. The van der Waals surface area contributed by atoms with E-state index in [0.29, 0.717) is 32.9 Å². The van der Waals surface area contributed by atoms with E-state index in [0.717, 1.165) is 22.3 Å². The first-order chi connectivity index (χ1) is 18.5. The van der Waals surface area contributed by atoms with Crippen molar-refractivity contribution in [3.63, 3.8) is 0 Å². The van der Waals surface area contributed by atoms with Crippen LogP contribution in [0.4, 0.5) is 5.00 Å². The first kappa shape index (κ1) is 26.2. The summed E-state index contributed by atoms with van der Waals surface area (Å²) in [5, 5.41) is 18.3. The number of halogens is 1. The fourth-order valence-corrected chi connectivity index (χ4v) is 6.72. The van der Waals surface area contributed by atoms with Crippen molar-refractivity contribution in [2.24, 2.45) is 0 Å². The third kappa shape index (κ3) is 5.25. The summed E-state index contributed by atoms with van der Waals surface area (Å²) in [6.07, 6.45) is 1.78. The van der Waals surface area contributed by atoms with Crippen molar-refractivity contribution < 1.29 is 14.3 Å². The second-order valence-electron chi connectivity index (χ2n) is 8.04. The van der Waals surface area contributed by atoms with Crippen molar-refractivity contribution >= 4 is 73.0 Å². The predicted molar refractivity (Wildman–Crippen MR) is 156 cm³/mol. The fraction of sp³-hybridized carbons (Fsp3) is 0.111. The van der Waals surface area contributed by atoms with Crippen molar-refractivity contribution in [1.29, 1.82) is 0 Å². The fourth-order valence-electron chi connectivity index (χ4n) is 3.93. The Labute approximate surface area is 236 Å². The Hall–Kier alpha value is -3.44. The number of ether oxygens (including phenoxy) is 1. The number of rotatable bonds is 9. The number of allylic oxidation sites excluding steroid dienone is 1. The molecule has 5 aromatic rings. The molecule has 192 valence electrons. The van der Waals surface area contributed by atoms with Gasteiger partial charge in [0.2, 0.25) is 5.91 Å². The number of esters is 1. The first-order valence-electron chi connectivity index (χ1n) is 11.4. The lowest BCUT2D eigenvalue weighted by atomic mass is 10.0. The van der Waals surface area contributed by atoms with Gasteiger partial charge in [0.15, 0.2) is 11.0 Å². The van der Waals surface area contributed by atoms with Gasteiger partial charge in [-0.25, -0.2) is 4.79 Å². The summed E-state index contributed by atoms with van der Waals surface area (Å²) in [6.45, 7) is 4.37. The molecule has 38 heavy (non-hydrogen) atoms. The van der Waals surface area contributed by atoms with Gasteiger partial charge in [0, 0.05) is 43.5 Å². The van der Waals surface area contributed by atoms with Crippen LogP contribution in [0.2, 0.25) is 5.02 Å². The van der Waals surface area contributed by atoms with Crippen molar-refractivity contribution in [3.05, 3.63) is 82.5 Å². The van der Waals surface area contributed by atoms with Gasteiger partial charge in [0.1, 0.15) is 10.6 Å². The van der Waals surface area contributed by atoms with Crippen molar-refractivity contribution in [2.45, 2.75) is 11.7 Å². The zero-order valence-corrected chi connectivity index (χ0v) is 23.3. The van der Waals surface area contributed by atoms with Crippen LogP contribution < -0.4 is 5.32 Å². The van der Waals surface area contributed by atoms with Crippen LogP contribution in [0.3, 0.4) is 0 Å². The Morgan fingerprint density at radius 1 is 1.11 bits per heavy atom. The molecule has 0 saturated carbocycles. The smallest absolute Gasteiger partial charge is 0.341 e. The average molecular weight is 581 g/mol. The summed E-state index contributed by atoms with van der Waals surface area (Å²) >= 11 is 10.2. The summed E-state index contributed by atoms with van der Waals surface area (Å²) in [5.41, 5.74) is 2.76. The molecule has 0 fully saturated rings. The van der Waals surface area contributed by atoms with Crippen LogP contribution in [0.15, 0.2) is 77.1 Å². The first-order valence-corrected chi connectivity index (χ1v) is 14.5. The molecule has 7 nitrogen and oxygen atoms in total. The average Bonchev–Trinajstić information content (AvgIpc) is 3.65. The standard InChI is InChI=1S/C27H21ClN4O3S3/c1-3-12-32-24(20-14-36-21-7-5-4-6-18(20)21)30-31-27(32)38-15-22(33)29-25-23(26(34)35-2)19(13-37-25)16-8-10-17(28)11-9-16/h3-11,13-14H,1,12,15H2,2H3,(H,29,33). The molecule has 0 atom stereocenters. The highest BCUT2D eigenvalue weighted by Gasteiger charge is 2.23. The number of benzene rings is 2. The number of carbonyl (C=O) groups excluding carboxylic acids is 2. The molecule has 5 rings (SSSR count). The van der Waals surface area contributed by atoms with Crippen LogP contribution >= 0.6 is 46.0 Å². The van der Waals surface area contributed by atoms with Crippen LogP contribution in [-0.2, 0) is 16.1 Å². The van der Waals surface area contributed by atoms with Crippen molar-refractivity contribution in [1.82, 2.24) is 14.8 Å². The molecule has 0 unspecified atom stereocenters. The van der Waals surface area contributed by atoms with Crippen LogP contribution in [0.5, 0.6) is 0 Å². The van der Waals surface area contributed by atoms with E-state index in [2.05, 4.69) is 39.6 Å². The third-order valence-corrected chi connectivity index (χ3v) is 8.75. The largest absolute Gasteiger partial charge is 0.465 e. The second kappa shape index (κ2) is 11.5. The number of anilines is 1. The number of hydrogen-bond donors (Lipinski definition) is 1. The van der Waals surface area contributed by atoms with E-state index in [9.17, 15) is 9.59 Å². The van der Waals surface area contributed by atoms with Crippen molar-refractivity contribution in [2.75, 3.05) is 18.2 Å². The van der Waals surface area contributed by atoms with E-state index >= 15 is 0 Å². The Bertz CT molecular complexity index is 1640. The number of hydrogen-bond acceptors (Lipinski definition) is 8. The number of carbonyl (C=O) groups is 2. The van der Waals surface area contributed by atoms with Gasteiger partial charge in [-0.05, 0) is 23.8 Å². The maximum absolute atomic E-state index is 12.9. The molecule has 0 aliphatic rings. The number of thioether (sulfide) groups is 1. The Balaban J connectivity index is 1.35. The van der Waals surface area contributed by atoms with Gasteiger partial charge in [-0.3, -0.25) is 9.36 Å². The maximum Gasteiger partial charge on any atom is 0.341 e. The number of aromatic nitrogens is 3. The lowest BCUT2D eigenvalue weighted by Gasteiger charge is -2.09. The summed E-state index contributed by atoms with van der Waals surface area (Å²) in [6, 6.07) is 15.3. The number of amides is 1. The minimum absolute atomic E-state index is 0.0778. The minimum atomic E-state index is -0.530. The van der Waals surface area contributed by atoms with E-state index in [1.54, 1.807) is 29.5 Å². The SMILES string of the molecule is C=CCn1c(SCC(=O)Nc2scc(-c3ccc(Cl)cc3)c2C(=O)OC)nnc1-c1csc2ccccc12. The van der Waals surface area contributed by atoms with Crippen LogP contribution in [0, 0.1) is 0 Å². The van der Waals surface area contributed by atoms with Crippen LogP contribution in [0.1, 0.15) is 10.4 Å². The highest BCUT2D eigenvalue weighted by molar-refractivity contribution is 7.99. The minimum Gasteiger partial charge on any atom is -0.465 e. The molecular weight excluding hydrogens is 560 g/mol. The Morgan fingerprint density at radius 3 is 2.63 bits per heavy atom. The molecule has 0 radical (unpaired) electrons. The normalized spacial score (nSPS) is 11.0. The summed E-state index contributed by atoms with van der Waals surface area (Å²) in [7, 11) is 1.31. The summed E-state index contributed by atoms with van der Waals surface area (Å²) in [4.78, 5) is 25.6. The molecule has 0 aliphatic heterocycles. The number of thiophene rings is 2. The predicted octanol–water partition coefficient (Wildman–Crippen LogP) is 7.25. The zero-order valence-electron chi connectivity index (χ0n) is 20.1. The maximum atomic E-state index is 12.9. The van der Waals surface area contributed by atoms with Gasteiger partial charge in [-0.2, -0.15) is 0 Å². The molecule has 3 aromatic heterocycles. The van der Waals surface area contributed by atoms with E-state index in [1.807, 2.05) is 34.2 Å². The van der Waals surface area contributed by atoms with E-state index in [-0.39, 0.29) is 11.7 Å². The Kier molecular flexibility index (Phi) is 7.94. The lowest BCUT2D eigenvalue weighted by Crippen LogP contribution is -2.16. The molecule has 0 spiro atoms. The van der Waals surface area contributed by atoms with Crippen LogP contribution in [0.25, 0.3) is 32.6 Å². The Morgan fingerprint density at radius 2 is 1.87 bits per heavy atom. The number of methoxy groups -OCH3 is 1. The molecule has 0 bridgehead atoms. The molecule has 0 aliphatic carbocycles. The van der Waals surface area contributed by atoms with Crippen molar-refractivity contribution in [3.8, 4) is 22.5 Å². The molecule has 3 heterocycles. The quantitative estimate of drug-likeness (QED) is 0.112. The highest BCUT2D eigenvalue weighted by Crippen LogP contribution is 2.37. The number of nitrogens with zero attached hydrogens (tertiary/aromatic N) is 3. The topological polar surface area (TPSA) is 86.1 Å². The van der Waals surface area contributed by atoms with Gasteiger partial charge < -0.3 is 10.1 Å². The summed E-state index contributed by atoms with van der Waals surface area (Å²) in [5.74, 6) is -0.00369. The van der Waals surface area contributed by atoms with Gasteiger partial charge in [-0.1, -0.05) is 59.8 Å². The van der Waals surface area contributed by atoms with Gasteiger partial charge in [0.05, 0.1) is 12.9 Å². The van der Waals surface area contributed by atoms with E-state index in [1.165, 1.54) is 34.9 Å². The zero-order chi connectivity index (χ0) is 26.6. The van der Waals surface area contributed by atoms with E-state index in [4.69, 9.17) is 16.3 Å². The summed E-state index contributed by atoms with van der Waals surface area (Å²) < 4.78 is 8.11. The second-order valence-corrected chi connectivity index (χ2v) is 11.2. The number of fused-ring (bicyclic) bond motifs is 1. The van der Waals surface area contributed by atoms with Gasteiger partial charge >= 0.3 is 5.97 Å². The molecular formula is C27H21ClN4O3S3. The van der Waals surface area contributed by atoms with Crippen LogP contribution in [-0.4, -0.2) is 39.5 Å².